The molecule has 21 heavy (non-hydrogen) atoms. The van der Waals surface area contributed by atoms with Crippen LogP contribution in [0.2, 0.25) is 0 Å². The Morgan fingerprint density at radius 1 is 1.57 bits per heavy atom. The summed E-state index contributed by atoms with van der Waals surface area (Å²) < 4.78 is 5.22. The maximum atomic E-state index is 12.4. The molecular formula is C15H15N3O3. The molecule has 1 unspecified atom stereocenters. The van der Waals surface area contributed by atoms with Crippen molar-refractivity contribution < 1.29 is 14.6 Å². The number of pyridine rings is 1. The summed E-state index contributed by atoms with van der Waals surface area (Å²) in [5.74, 6) is 5.45. The molecule has 1 amide bonds. The predicted octanol–water partition coefficient (Wildman–Crippen LogP) is 0.180. The number of nitrogens with zero attached hydrogens (tertiary/aromatic N) is 3. The Kier molecular flexibility index (Phi) is 5.28. The van der Waals surface area contributed by atoms with Crippen LogP contribution in [0.1, 0.15) is 22.3 Å². The van der Waals surface area contributed by atoms with Gasteiger partial charge in [-0.05, 0) is 6.07 Å². The second kappa shape index (κ2) is 7.39. The summed E-state index contributed by atoms with van der Waals surface area (Å²) in [4.78, 5) is 18.0. The normalized spacial score (nSPS) is 17.5. The number of morpholine rings is 1. The largest absolute Gasteiger partial charge is 0.395 e. The van der Waals surface area contributed by atoms with Crippen LogP contribution < -0.4 is 0 Å². The first-order valence-corrected chi connectivity index (χ1v) is 6.60. The van der Waals surface area contributed by atoms with E-state index in [1.54, 1.807) is 17.2 Å². The summed E-state index contributed by atoms with van der Waals surface area (Å²) in [6, 6.07) is 3.67. The van der Waals surface area contributed by atoms with Crippen molar-refractivity contribution in [3.63, 3.8) is 0 Å². The summed E-state index contributed by atoms with van der Waals surface area (Å²) in [6.07, 6.45) is 2.85. The zero-order valence-corrected chi connectivity index (χ0v) is 11.5. The van der Waals surface area contributed by atoms with Crippen LogP contribution in [0.4, 0.5) is 0 Å². The Morgan fingerprint density at radius 2 is 2.43 bits per heavy atom. The van der Waals surface area contributed by atoms with Crippen LogP contribution in [0.5, 0.6) is 0 Å². The van der Waals surface area contributed by atoms with Crippen LogP contribution in [-0.2, 0) is 4.74 Å². The van der Waals surface area contributed by atoms with Crippen LogP contribution >= 0.6 is 0 Å². The molecule has 1 saturated heterocycles. The molecule has 0 spiro atoms. The van der Waals surface area contributed by atoms with Gasteiger partial charge in [-0.3, -0.25) is 9.78 Å². The van der Waals surface area contributed by atoms with Crippen molar-refractivity contribution in [1.82, 2.24) is 9.88 Å². The highest BCUT2D eigenvalue weighted by molar-refractivity contribution is 5.94. The van der Waals surface area contributed by atoms with Gasteiger partial charge in [0.05, 0.1) is 31.4 Å². The van der Waals surface area contributed by atoms with Gasteiger partial charge in [-0.15, -0.1) is 0 Å². The van der Waals surface area contributed by atoms with Crippen LogP contribution in [0, 0.1) is 23.2 Å². The van der Waals surface area contributed by atoms with Gasteiger partial charge in [0.25, 0.3) is 5.91 Å². The molecule has 1 aliphatic rings. The van der Waals surface area contributed by atoms with Gasteiger partial charge in [0.1, 0.15) is 0 Å². The van der Waals surface area contributed by atoms with E-state index in [0.717, 1.165) is 0 Å². The van der Waals surface area contributed by atoms with Gasteiger partial charge in [-0.2, -0.15) is 5.26 Å². The third-order valence-electron chi connectivity index (χ3n) is 2.95. The fourth-order valence-electron chi connectivity index (χ4n) is 1.94. The quantitative estimate of drug-likeness (QED) is 0.783. The molecule has 0 aliphatic carbocycles. The predicted molar refractivity (Wildman–Crippen MR) is 74.1 cm³/mol. The standard InChI is InChI=1S/C15H15N3O3/c16-8-14-11-18(4-6-21-14)15(20)13-7-12(9-17-10-13)3-1-2-5-19/h7,9-10,14,19H,2,4-6,11H2. The smallest absolute Gasteiger partial charge is 0.255 e. The van der Waals surface area contributed by atoms with E-state index >= 15 is 0 Å². The van der Waals surface area contributed by atoms with E-state index in [2.05, 4.69) is 16.8 Å². The highest BCUT2D eigenvalue weighted by atomic mass is 16.5. The van der Waals surface area contributed by atoms with E-state index in [1.807, 2.05) is 6.07 Å². The fraction of sp³-hybridized carbons (Fsp3) is 0.400. The van der Waals surface area contributed by atoms with Crippen molar-refractivity contribution in [2.24, 2.45) is 0 Å². The number of aromatic nitrogens is 1. The number of nitriles is 1. The Morgan fingerprint density at radius 3 is 3.19 bits per heavy atom. The molecule has 1 aromatic rings. The second-order valence-corrected chi connectivity index (χ2v) is 4.48. The number of aliphatic hydroxyl groups is 1. The van der Waals surface area contributed by atoms with Crippen molar-refractivity contribution in [1.29, 1.82) is 5.26 Å². The van der Waals surface area contributed by atoms with Crippen molar-refractivity contribution in [3.8, 4) is 17.9 Å². The van der Waals surface area contributed by atoms with E-state index in [4.69, 9.17) is 15.1 Å². The first-order chi connectivity index (χ1) is 10.2. The van der Waals surface area contributed by atoms with Gasteiger partial charge in [0.15, 0.2) is 6.10 Å². The van der Waals surface area contributed by atoms with Crippen molar-refractivity contribution in [2.45, 2.75) is 12.5 Å². The third kappa shape index (κ3) is 4.03. The Bertz CT molecular complexity index is 613. The van der Waals surface area contributed by atoms with Gasteiger partial charge in [-0.1, -0.05) is 11.8 Å². The van der Waals surface area contributed by atoms with Crippen LogP contribution in [-0.4, -0.2) is 53.3 Å². The maximum Gasteiger partial charge on any atom is 0.255 e. The molecule has 0 bridgehead atoms. The summed E-state index contributed by atoms with van der Waals surface area (Å²) >= 11 is 0. The first-order valence-electron chi connectivity index (χ1n) is 6.60. The van der Waals surface area contributed by atoms with Crippen LogP contribution in [0.15, 0.2) is 18.5 Å². The summed E-state index contributed by atoms with van der Waals surface area (Å²) in [5, 5.41) is 17.6. The topological polar surface area (TPSA) is 86.5 Å². The number of hydrogen-bond donors (Lipinski definition) is 1. The summed E-state index contributed by atoms with van der Waals surface area (Å²) in [7, 11) is 0. The highest BCUT2D eigenvalue weighted by Gasteiger charge is 2.24. The fourth-order valence-corrected chi connectivity index (χ4v) is 1.94. The molecule has 0 radical (unpaired) electrons. The van der Waals surface area contributed by atoms with E-state index < -0.39 is 6.10 Å². The number of hydrogen-bond acceptors (Lipinski definition) is 5. The van der Waals surface area contributed by atoms with E-state index in [-0.39, 0.29) is 19.1 Å². The summed E-state index contributed by atoms with van der Waals surface area (Å²) in [5.41, 5.74) is 1.06. The Labute approximate surface area is 123 Å². The number of carbonyl (C=O) groups is 1. The first kappa shape index (κ1) is 15.0. The average Bonchev–Trinajstić information content (AvgIpc) is 2.55. The van der Waals surface area contributed by atoms with Gasteiger partial charge in [-0.25, -0.2) is 0 Å². The molecule has 1 aromatic heterocycles. The lowest BCUT2D eigenvalue weighted by Gasteiger charge is -2.29. The molecule has 1 N–H and O–H groups in total. The lowest BCUT2D eigenvalue weighted by atomic mass is 10.1. The molecule has 6 nitrogen and oxygen atoms in total. The number of rotatable bonds is 2. The van der Waals surface area contributed by atoms with Crippen LogP contribution in [0.25, 0.3) is 0 Å². The minimum Gasteiger partial charge on any atom is -0.395 e. The van der Waals surface area contributed by atoms with E-state index in [9.17, 15) is 4.79 Å². The minimum atomic E-state index is -0.580. The van der Waals surface area contributed by atoms with Crippen LogP contribution in [0.3, 0.4) is 0 Å². The molecule has 1 fully saturated rings. The summed E-state index contributed by atoms with van der Waals surface area (Å²) in [6.45, 7) is 1.07. The zero-order chi connectivity index (χ0) is 15.1. The molecular weight excluding hydrogens is 270 g/mol. The number of aliphatic hydroxyl groups excluding tert-OH is 1. The van der Waals surface area contributed by atoms with Gasteiger partial charge >= 0.3 is 0 Å². The van der Waals surface area contributed by atoms with Crippen molar-refractivity contribution >= 4 is 5.91 Å². The highest BCUT2D eigenvalue weighted by Crippen LogP contribution is 2.11. The Balaban J connectivity index is 2.11. The maximum absolute atomic E-state index is 12.4. The second-order valence-electron chi connectivity index (χ2n) is 4.48. The molecule has 2 rings (SSSR count). The monoisotopic (exact) mass is 285 g/mol. The zero-order valence-electron chi connectivity index (χ0n) is 11.5. The Hall–Kier alpha value is -2.41. The molecule has 1 atom stereocenters. The number of amides is 1. The number of ether oxygens (including phenoxy) is 1. The van der Waals surface area contributed by atoms with E-state index in [1.165, 1.54) is 6.20 Å². The molecule has 108 valence electrons. The average molecular weight is 285 g/mol. The van der Waals surface area contributed by atoms with Gasteiger partial charge in [0, 0.05) is 30.9 Å². The molecule has 0 aromatic carbocycles. The van der Waals surface area contributed by atoms with Crippen molar-refractivity contribution in [3.05, 3.63) is 29.6 Å². The minimum absolute atomic E-state index is 0.00236. The lowest BCUT2D eigenvalue weighted by Crippen LogP contribution is -2.45. The third-order valence-corrected chi connectivity index (χ3v) is 2.95. The van der Waals surface area contributed by atoms with Crippen molar-refractivity contribution in [2.75, 3.05) is 26.3 Å². The lowest BCUT2D eigenvalue weighted by molar-refractivity contribution is 0.00345. The molecule has 2 heterocycles. The molecule has 0 saturated carbocycles. The molecule has 6 heteroatoms. The van der Waals surface area contributed by atoms with Gasteiger partial charge < -0.3 is 14.7 Å². The van der Waals surface area contributed by atoms with Gasteiger partial charge in [0.2, 0.25) is 0 Å². The van der Waals surface area contributed by atoms with E-state index in [0.29, 0.717) is 30.7 Å². The SMILES string of the molecule is N#CC1CN(C(=O)c2cncc(C#CCCO)c2)CCO1. The number of carbonyl (C=O) groups excluding carboxylic acids is 1. The molecule has 1 aliphatic heterocycles.